The summed E-state index contributed by atoms with van der Waals surface area (Å²) in [6, 6.07) is 52.4. The van der Waals surface area contributed by atoms with E-state index in [1.807, 2.05) is 126 Å². The smallest absolute Gasteiger partial charge is 0.234 e. The Morgan fingerprint density at radius 1 is 0.383 bits per heavy atom. The van der Waals surface area contributed by atoms with Gasteiger partial charge in [0.05, 0.1) is 33.1 Å². The van der Waals surface area contributed by atoms with Gasteiger partial charge in [-0.1, -0.05) is 48.5 Å². The quantitative estimate of drug-likeness (QED) is 0.160. The van der Waals surface area contributed by atoms with Gasteiger partial charge in [-0.25, -0.2) is 19.9 Å². The van der Waals surface area contributed by atoms with Gasteiger partial charge < -0.3 is 9.47 Å². The first kappa shape index (κ1) is 30.8. The van der Waals surface area contributed by atoms with Crippen LogP contribution in [0.4, 0.5) is 0 Å². The van der Waals surface area contributed by atoms with Gasteiger partial charge in [0.15, 0.2) is 0 Å². The Bertz CT molecular complexity index is 3510. The zero-order valence-corrected chi connectivity index (χ0v) is 31.8. The maximum Gasteiger partial charge on any atom is 0.234 e. The second-order valence-corrected chi connectivity index (χ2v) is 14.6. The number of hydrogen-bond acceptors (Lipinski definition) is 6. The molecular weight excluding hydrogens is 743 g/mol. The van der Waals surface area contributed by atoms with Gasteiger partial charge in [0.2, 0.25) is 5.95 Å². The fourth-order valence-electron chi connectivity index (χ4n) is 8.52. The topological polar surface area (TPSA) is 84.8 Å². The second-order valence-electron chi connectivity index (χ2n) is 14.6. The van der Waals surface area contributed by atoms with E-state index >= 15 is 0 Å². The number of ether oxygens (including phenoxy) is 2. The van der Waals surface area contributed by atoms with Crippen molar-refractivity contribution in [3.8, 4) is 40.6 Å². The van der Waals surface area contributed by atoms with E-state index in [2.05, 4.69) is 65.5 Å². The normalized spacial score (nSPS) is 12.7. The summed E-state index contributed by atoms with van der Waals surface area (Å²) in [5.41, 5.74) is 5.63. The number of nitrogens with zero attached hydrogens (tertiary/aromatic N) is 7. The Kier molecular flexibility index (Phi) is 6.87. The number of aromatic nitrogens is 7. The van der Waals surface area contributed by atoms with Crippen LogP contribution in [0.5, 0.6) is 23.0 Å². The van der Waals surface area contributed by atoms with Gasteiger partial charge in [0.25, 0.3) is 0 Å². The van der Waals surface area contributed by atoms with E-state index in [9.17, 15) is 0 Å². The largest absolute Gasteiger partial charge is 0.457 e. The van der Waals surface area contributed by atoms with Crippen molar-refractivity contribution in [2.45, 2.75) is 6.85 Å². The lowest BCUT2D eigenvalue weighted by Crippen LogP contribution is -2.01. The molecular formula is C51H33N7O2. The van der Waals surface area contributed by atoms with Gasteiger partial charge >= 0.3 is 0 Å². The molecule has 0 amide bonds. The van der Waals surface area contributed by atoms with Gasteiger partial charge in [-0.2, -0.15) is 0 Å². The first-order valence-corrected chi connectivity index (χ1v) is 19.5. The van der Waals surface area contributed by atoms with E-state index in [1.54, 1.807) is 12.4 Å². The van der Waals surface area contributed by atoms with Crippen LogP contribution in [-0.4, -0.2) is 33.6 Å². The predicted molar refractivity (Wildman–Crippen MR) is 238 cm³/mol. The summed E-state index contributed by atoms with van der Waals surface area (Å²) in [4.78, 5) is 18.5. The van der Waals surface area contributed by atoms with Crippen LogP contribution in [0.2, 0.25) is 0 Å². The van der Waals surface area contributed by atoms with Gasteiger partial charge in [0.1, 0.15) is 34.6 Å². The second kappa shape index (κ2) is 13.4. The van der Waals surface area contributed by atoms with Crippen LogP contribution in [0.1, 0.15) is 9.68 Å². The summed E-state index contributed by atoms with van der Waals surface area (Å²) < 4.78 is 43.3. The van der Waals surface area contributed by atoms with Gasteiger partial charge in [0, 0.05) is 85.5 Å². The van der Waals surface area contributed by atoms with Crippen LogP contribution in [0.15, 0.2) is 183 Å². The SMILES string of the molecule is [2H]C([2H])([2H])c1cnc(-n2c3cc(Oc4ccc5c6ccccc6n(-c6ccccn6)c5c4)ccc3c3ccc(Oc4ccc5c6ccccc6n(-c6ccccn6)c5c4)cc32)nc1. The standard InChI is InChI=1S/C51H33N7O2/c1-32-30-54-51(55-31-32)58-47-28-35(59-33-16-20-39-37-10-2-4-12-43(37)56(45(39)26-33)49-14-6-8-24-52-49)18-22-41(47)42-23-19-36(29-48(42)58)60-34-17-21-40-38-11-3-5-13-44(38)57(46(40)27-34)50-15-7-9-25-53-50/h2-31H,1H3/i1D3. The van der Waals surface area contributed by atoms with E-state index in [-0.39, 0.29) is 5.56 Å². The van der Waals surface area contributed by atoms with Crippen LogP contribution < -0.4 is 9.47 Å². The van der Waals surface area contributed by atoms with Gasteiger partial charge in [-0.05, 0) is 97.3 Å². The Morgan fingerprint density at radius 3 is 1.17 bits per heavy atom. The lowest BCUT2D eigenvalue weighted by atomic mass is 10.1. The average Bonchev–Trinajstić information content (AvgIpc) is 3.94. The lowest BCUT2D eigenvalue weighted by molar-refractivity contribution is 0.484. The van der Waals surface area contributed by atoms with E-state index < -0.39 is 6.85 Å². The highest BCUT2D eigenvalue weighted by atomic mass is 16.5. The van der Waals surface area contributed by atoms with Crippen LogP contribution in [0.3, 0.4) is 0 Å². The Balaban J connectivity index is 0.972. The van der Waals surface area contributed by atoms with Crippen molar-refractivity contribution in [1.82, 2.24) is 33.6 Å². The zero-order chi connectivity index (χ0) is 42.2. The Labute approximate surface area is 347 Å². The first-order chi connectivity index (χ1) is 30.9. The number of aryl methyl sites for hydroxylation is 1. The molecule has 0 saturated heterocycles. The molecule has 284 valence electrons. The molecule has 0 N–H and O–H groups in total. The molecule has 0 aliphatic rings. The molecule has 0 aliphatic heterocycles. The molecule has 0 atom stereocenters. The summed E-state index contributed by atoms with van der Waals surface area (Å²) >= 11 is 0. The van der Waals surface area contributed by atoms with Crippen LogP contribution >= 0.6 is 0 Å². The minimum absolute atomic E-state index is 0.0528. The third kappa shape index (κ3) is 5.40. The molecule has 9 heteroatoms. The van der Waals surface area contributed by atoms with Crippen LogP contribution in [0, 0.1) is 6.85 Å². The zero-order valence-electron chi connectivity index (χ0n) is 34.8. The number of benzene rings is 6. The van der Waals surface area contributed by atoms with Crippen LogP contribution in [-0.2, 0) is 0 Å². The molecule has 0 spiro atoms. The summed E-state index contributed by atoms with van der Waals surface area (Å²) in [6.45, 7) is -2.35. The fourth-order valence-corrected chi connectivity index (χ4v) is 8.52. The van der Waals surface area contributed by atoms with E-state index in [0.29, 0.717) is 28.9 Å². The third-order valence-electron chi connectivity index (χ3n) is 11.1. The molecule has 60 heavy (non-hydrogen) atoms. The molecule has 6 aromatic heterocycles. The van der Waals surface area contributed by atoms with E-state index in [1.165, 1.54) is 12.4 Å². The lowest BCUT2D eigenvalue weighted by Gasteiger charge is -2.11. The van der Waals surface area contributed by atoms with Crippen molar-refractivity contribution in [2.75, 3.05) is 0 Å². The van der Waals surface area contributed by atoms with E-state index in [0.717, 1.165) is 77.1 Å². The molecule has 0 unspecified atom stereocenters. The van der Waals surface area contributed by atoms with E-state index in [4.69, 9.17) is 13.6 Å². The highest BCUT2D eigenvalue weighted by Crippen LogP contribution is 2.40. The minimum Gasteiger partial charge on any atom is -0.457 e. The summed E-state index contributed by atoms with van der Waals surface area (Å²) in [6.07, 6.45) is 6.31. The number of hydrogen-bond donors (Lipinski definition) is 0. The minimum atomic E-state index is -2.35. The summed E-state index contributed by atoms with van der Waals surface area (Å²) in [7, 11) is 0. The van der Waals surface area contributed by atoms with Crippen molar-refractivity contribution in [3.63, 3.8) is 0 Å². The molecule has 0 fully saturated rings. The molecule has 0 bridgehead atoms. The van der Waals surface area contributed by atoms with Crippen molar-refractivity contribution < 1.29 is 13.6 Å². The number of fused-ring (bicyclic) bond motifs is 9. The van der Waals surface area contributed by atoms with Crippen molar-refractivity contribution in [2.24, 2.45) is 0 Å². The highest BCUT2D eigenvalue weighted by Gasteiger charge is 2.19. The molecule has 12 aromatic rings. The van der Waals surface area contributed by atoms with Crippen molar-refractivity contribution in [1.29, 1.82) is 0 Å². The molecule has 0 aliphatic carbocycles. The number of pyridine rings is 2. The maximum absolute atomic E-state index is 7.94. The average molecular weight is 779 g/mol. The third-order valence-corrected chi connectivity index (χ3v) is 11.1. The Hall–Kier alpha value is -8.30. The summed E-state index contributed by atoms with van der Waals surface area (Å²) in [5.74, 6) is 4.42. The van der Waals surface area contributed by atoms with Gasteiger partial charge in [-0.3, -0.25) is 13.7 Å². The molecule has 12 rings (SSSR count). The molecule has 0 saturated carbocycles. The first-order valence-electron chi connectivity index (χ1n) is 21.0. The maximum atomic E-state index is 7.94. The molecule has 6 heterocycles. The molecule has 6 aromatic carbocycles. The van der Waals surface area contributed by atoms with Gasteiger partial charge in [-0.15, -0.1) is 0 Å². The molecule has 0 radical (unpaired) electrons. The van der Waals surface area contributed by atoms with Crippen molar-refractivity contribution in [3.05, 3.63) is 188 Å². The molecule has 9 nitrogen and oxygen atoms in total. The number of rotatable bonds is 7. The Morgan fingerprint density at radius 2 is 0.767 bits per heavy atom. The summed E-state index contributed by atoms with van der Waals surface area (Å²) in [5, 5.41) is 6.28. The number of para-hydroxylation sites is 2. The van der Waals surface area contributed by atoms with Crippen LogP contribution in [0.25, 0.3) is 83.0 Å². The fraction of sp³-hybridized carbons (Fsp3) is 0.0196. The predicted octanol–water partition coefficient (Wildman–Crippen LogP) is 12.5. The monoisotopic (exact) mass is 778 g/mol. The highest BCUT2D eigenvalue weighted by molar-refractivity contribution is 6.11. The van der Waals surface area contributed by atoms with Crippen molar-refractivity contribution >= 4 is 65.4 Å².